The van der Waals surface area contributed by atoms with Gasteiger partial charge in [-0.3, -0.25) is 4.57 Å². The summed E-state index contributed by atoms with van der Waals surface area (Å²) in [5.41, 5.74) is -0.0487. The van der Waals surface area contributed by atoms with Crippen molar-refractivity contribution in [2.45, 2.75) is 12.2 Å². The predicted octanol–water partition coefficient (Wildman–Crippen LogP) is 1.75. The normalized spacial score (nSPS) is 15.6. The molecule has 3 heterocycles. The highest BCUT2D eigenvalue weighted by atomic mass is 19.4. The van der Waals surface area contributed by atoms with Crippen LogP contribution < -0.4 is 11.0 Å². The lowest BCUT2D eigenvalue weighted by Gasteiger charge is -2.27. The fourth-order valence-corrected chi connectivity index (χ4v) is 2.76. The van der Waals surface area contributed by atoms with Crippen molar-refractivity contribution in [2.75, 3.05) is 13.1 Å². The Labute approximate surface area is 133 Å². The molecule has 1 aliphatic heterocycles. The average Bonchev–Trinajstić information content (AvgIpc) is 2.78. The van der Waals surface area contributed by atoms with Gasteiger partial charge in [-0.25, -0.2) is 19.3 Å². The number of rotatable bonds is 2. The lowest BCUT2D eigenvalue weighted by atomic mass is 10.2. The largest absolute Gasteiger partial charge is 0.416 e. The number of aromatic nitrogens is 4. The minimum atomic E-state index is -4.42. The molecule has 1 saturated heterocycles. The summed E-state index contributed by atoms with van der Waals surface area (Å²) in [5.74, 6) is 0. The number of hydrogen-bond donors (Lipinski definition) is 1. The monoisotopic (exact) mass is 335 g/mol. The van der Waals surface area contributed by atoms with Gasteiger partial charge in [0.15, 0.2) is 11.3 Å². The molecule has 0 aliphatic carbocycles. The minimum Gasteiger partial charge on any atom is -0.313 e. The predicted molar refractivity (Wildman–Crippen MR) is 80.0 cm³/mol. The molecule has 124 valence electrons. The van der Waals surface area contributed by atoms with E-state index in [1.54, 1.807) is 0 Å². The molecule has 4 rings (SSSR count). The van der Waals surface area contributed by atoms with Crippen molar-refractivity contribution in [3.05, 3.63) is 52.7 Å². The van der Waals surface area contributed by atoms with Gasteiger partial charge >= 0.3 is 11.9 Å². The molecule has 3 aromatic rings. The highest BCUT2D eigenvalue weighted by Crippen LogP contribution is 2.30. The van der Waals surface area contributed by atoms with Crippen molar-refractivity contribution in [3.8, 4) is 5.69 Å². The summed E-state index contributed by atoms with van der Waals surface area (Å²) in [5, 5.41) is 3.08. The molecule has 24 heavy (non-hydrogen) atoms. The molecule has 0 atom stereocenters. The number of nitrogens with zero attached hydrogens (tertiary/aromatic N) is 4. The van der Waals surface area contributed by atoms with Gasteiger partial charge in [-0.05, 0) is 24.3 Å². The average molecular weight is 335 g/mol. The van der Waals surface area contributed by atoms with Gasteiger partial charge < -0.3 is 5.32 Å². The van der Waals surface area contributed by atoms with E-state index in [0.29, 0.717) is 30.1 Å². The SMILES string of the molecule is O=c1n(-c2ccc(C(F)(F)F)cc2)c2nccnc2n1C1CNC1. The molecule has 1 aromatic carbocycles. The van der Waals surface area contributed by atoms with E-state index in [1.807, 2.05) is 0 Å². The van der Waals surface area contributed by atoms with Crippen molar-refractivity contribution >= 4 is 11.3 Å². The number of imidazole rings is 1. The zero-order valence-corrected chi connectivity index (χ0v) is 12.3. The summed E-state index contributed by atoms with van der Waals surface area (Å²) in [6.45, 7) is 1.28. The van der Waals surface area contributed by atoms with Crippen LogP contribution in [0.3, 0.4) is 0 Å². The fourth-order valence-electron chi connectivity index (χ4n) is 2.76. The van der Waals surface area contributed by atoms with Crippen LogP contribution in [0.4, 0.5) is 13.2 Å². The first-order valence-electron chi connectivity index (χ1n) is 7.29. The summed E-state index contributed by atoms with van der Waals surface area (Å²) >= 11 is 0. The standard InChI is InChI=1S/C15H12F3N5O/c16-15(17,18)9-1-3-10(4-2-9)22-12-13(21-6-5-20-12)23(14(22)24)11-7-19-8-11/h1-6,11,19H,7-8H2. The molecule has 9 heteroatoms. The van der Waals surface area contributed by atoms with E-state index in [4.69, 9.17) is 0 Å². The Kier molecular flexibility index (Phi) is 3.20. The van der Waals surface area contributed by atoms with Crippen LogP contribution in [0, 0.1) is 0 Å². The van der Waals surface area contributed by atoms with Gasteiger partial charge in [-0.2, -0.15) is 13.2 Å². The second kappa shape index (κ2) is 5.17. The van der Waals surface area contributed by atoms with Gasteiger partial charge in [0.25, 0.3) is 0 Å². The molecule has 0 saturated carbocycles. The summed E-state index contributed by atoms with van der Waals surface area (Å²) in [4.78, 5) is 21.2. The first-order chi connectivity index (χ1) is 11.5. The Hall–Kier alpha value is -2.68. The number of nitrogens with one attached hydrogen (secondary N) is 1. The van der Waals surface area contributed by atoms with E-state index in [9.17, 15) is 18.0 Å². The number of alkyl halides is 3. The van der Waals surface area contributed by atoms with Crippen LogP contribution in [0.5, 0.6) is 0 Å². The third-order valence-electron chi connectivity index (χ3n) is 4.08. The summed E-state index contributed by atoms with van der Waals surface area (Å²) < 4.78 is 41.0. The van der Waals surface area contributed by atoms with E-state index in [2.05, 4.69) is 15.3 Å². The molecular weight excluding hydrogens is 323 g/mol. The van der Waals surface area contributed by atoms with E-state index in [-0.39, 0.29) is 11.7 Å². The molecule has 6 nitrogen and oxygen atoms in total. The van der Waals surface area contributed by atoms with Gasteiger partial charge in [-0.15, -0.1) is 0 Å². The second-order valence-corrected chi connectivity index (χ2v) is 5.55. The zero-order valence-electron chi connectivity index (χ0n) is 12.3. The number of fused-ring (bicyclic) bond motifs is 1. The summed E-state index contributed by atoms with van der Waals surface area (Å²) in [6.07, 6.45) is -1.48. The van der Waals surface area contributed by atoms with E-state index in [0.717, 1.165) is 12.1 Å². The van der Waals surface area contributed by atoms with E-state index < -0.39 is 11.7 Å². The Bertz CT molecular complexity index is 954. The molecule has 0 radical (unpaired) electrons. The van der Waals surface area contributed by atoms with Gasteiger partial charge in [0.2, 0.25) is 0 Å². The maximum Gasteiger partial charge on any atom is 0.416 e. The summed E-state index contributed by atoms with van der Waals surface area (Å²) in [6, 6.07) is 4.40. The van der Waals surface area contributed by atoms with Crippen molar-refractivity contribution in [1.82, 2.24) is 24.4 Å². The van der Waals surface area contributed by atoms with Crippen molar-refractivity contribution in [2.24, 2.45) is 0 Å². The van der Waals surface area contributed by atoms with Crippen LogP contribution in [0.25, 0.3) is 17.0 Å². The molecular formula is C15H12F3N5O. The highest BCUT2D eigenvalue weighted by molar-refractivity contribution is 5.69. The van der Waals surface area contributed by atoms with E-state index >= 15 is 0 Å². The van der Waals surface area contributed by atoms with Gasteiger partial charge in [0, 0.05) is 25.5 Å². The van der Waals surface area contributed by atoms with Crippen LogP contribution in [0.1, 0.15) is 11.6 Å². The van der Waals surface area contributed by atoms with Crippen molar-refractivity contribution in [1.29, 1.82) is 0 Å². The molecule has 0 bridgehead atoms. The van der Waals surface area contributed by atoms with Gasteiger partial charge in [0.1, 0.15) is 0 Å². The fraction of sp³-hybridized carbons (Fsp3) is 0.267. The summed E-state index contributed by atoms with van der Waals surface area (Å²) in [7, 11) is 0. The number of halogens is 3. The van der Waals surface area contributed by atoms with Crippen molar-refractivity contribution in [3.63, 3.8) is 0 Å². The quantitative estimate of drug-likeness (QED) is 0.775. The molecule has 0 unspecified atom stereocenters. The molecule has 1 fully saturated rings. The maximum absolute atomic E-state index is 12.8. The first kappa shape index (κ1) is 14.9. The maximum atomic E-state index is 12.8. The van der Waals surface area contributed by atoms with Crippen LogP contribution in [0.2, 0.25) is 0 Å². The van der Waals surface area contributed by atoms with Crippen LogP contribution >= 0.6 is 0 Å². The topological polar surface area (TPSA) is 64.7 Å². The Morgan fingerprint density at radius 1 is 1.04 bits per heavy atom. The molecule has 1 N–H and O–H groups in total. The molecule has 0 amide bonds. The number of hydrogen-bond acceptors (Lipinski definition) is 4. The molecule has 2 aromatic heterocycles. The minimum absolute atomic E-state index is 0.0348. The van der Waals surface area contributed by atoms with Crippen LogP contribution in [0.15, 0.2) is 41.5 Å². The van der Waals surface area contributed by atoms with Crippen LogP contribution in [-0.4, -0.2) is 32.2 Å². The Morgan fingerprint density at radius 3 is 2.21 bits per heavy atom. The van der Waals surface area contributed by atoms with E-state index in [1.165, 1.54) is 33.7 Å². The highest BCUT2D eigenvalue weighted by Gasteiger charge is 2.31. The lowest BCUT2D eigenvalue weighted by molar-refractivity contribution is -0.137. The Morgan fingerprint density at radius 2 is 1.67 bits per heavy atom. The third kappa shape index (κ3) is 2.20. The van der Waals surface area contributed by atoms with Gasteiger partial charge in [0.05, 0.1) is 17.3 Å². The third-order valence-corrected chi connectivity index (χ3v) is 4.08. The zero-order chi connectivity index (χ0) is 16.9. The first-order valence-corrected chi connectivity index (χ1v) is 7.29. The molecule has 1 aliphatic rings. The number of benzene rings is 1. The Balaban J connectivity index is 1.91. The van der Waals surface area contributed by atoms with Crippen LogP contribution in [-0.2, 0) is 6.18 Å². The second-order valence-electron chi connectivity index (χ2n) is 5.55. The van der Waals surface area contributed by atoms with Gasteiger partial charge in [-0.1, -0.05) is 0 Å². The smallest absolute Gasteiger partial charge is 0.313 e. The van der Waals surface area contributed by atoms with Crippen molar-refractivity contribution < 1.29 is 13.2 Å². The molecule has 0 spiro atoms. The lowest BCUT2D eigenvalue weighted by Crippen LogP contribution is -2.47.